The molecule has 158 valence electrons. The number of anilines is 1. The van der Waals surface area contributed by atoms with E-state index in [1.54, 1.807) is 25.8 Å². The highest BCUT2D eigenvalue weighted by Crippen LogP contribution is 2.41. The van der Waals surface area contributed by atoms with Gasteiger partial charge in [-0.3, -0.25) is 10.1 Å². The first-order valence-electron chi connectivity index (χ1n) is 9.45. The highest BCUT2D eigenvalue weighted by molar-refractivity contribution is 5.87. The maximum atomic E-state index is 11.5. The van der Waals surface area contributed by atoms with E-state index in [1.165, 1.54) is 6.92 Å². The first-order chi connectivity index (χ1) is 15.0. The zero-order valence-electron chi connectivity index (χ0n) is 17.5. The zero-order valence-corrected chi connectivity index (χ0v) is 17.5. The summed E-state index contributed by atoms with van der Waals surface area (Å²) in [5, 5.41) is 7.02. The van der Waals surface area contributed by atoms with Gasteiger partial charge < -0.3 is 14.2 Å². The molecule has 9 heteroatoms. The molecule has 4 aromatic rings. The minimum atomic E-state index is -0.270. The highest BCUT2D eigenvalue weighted by Gasteiger charge is 2.19. The Morgan fingerprint density at radius 1 is 0.903 bits per heavy atom. The topological polar surface area (TPSA) is 99.9 Å². The van der Waals surface area contributed by atoms with Crippen LogP contribution in [0.2, 0.25) is 0 Å². The zero-order chi connectivity index (χ0) is 22.0. The number of rotatable bonds is 6. The number of hydrogen-bond donors (Lipinski definition) is 1. The van der Waals surface area contributed by atoms with E-state index < -0.39 is 0 Å². The predicted molar refractivity (Wildman–Crippen MR) is 116 cm³/mol. The van der Waals surface area contributed by atoms with Gasteiger partial charge in [0.2, 0.25) is 11.7 Å². The fraction of sp³-hybridized carbons (Fsp3) is 0.182. The maximum Gasteiger partial charge on any atom is 0.255 e. The summed E-state index contributed by atoms with van der Waals surface area (Å²) in [5.74, 6) is 1.73. The van der Waals surface area contributed by atoms with Gasteiger partial charge in [-0.05, 0) is 18.2 Å². The fourth-order valence-electron chi connectivity index (χ4n) is 3.27. The minimum absolute atomic E-state index is 0.166. The number of fused-ring (bicyclic) bond motifs is 1. The van der Waals surface area contributed by atoms with Crippen LogP contribution in [0.5, 0.6) is 17.2 Å². The molecule has 0 aliphatic rings. The van der Waals surface area contributed by atoms with Gasteiger partial charge in [-0.1, -0.05) is 30.3 Å². The van der Waals surface area contributed by atoms with Gasteiger partial charge >= 0.3 is 0 Å². The maximum absolute atomic E-state index is 11.5. The van der Waals surface area contributed by atoms with E-state index in [-0.39, 0.29) is 11.9 Å². The van der Waals surface area contributed by atoms with E-state index >= 15 is 0 Å². The summed E-state index contributed by atoms with van der Waals surface area (Å²) in [5.41, 5.74) is 3.06. The van der Waals surface area contributed by atoms with Crippen molar-refractivity contribution in [1.29, 1.82) is 0 Å². The van der Waals surface area contributed by atoms with Crippen molar-refractivity contribution in [3.63, 3.8) is 0 Å². The van der Waals surface area contributed by atoms with Crippen LogP contribution in [0.4, 0.5) is 5.95 Å². The second-order valence-electron chi connectivity index (χ2n) is 6.64. The van der Waals surface area contributed by atoms with Gasteiger partial charge in [0.05, 0.1) is 32.7 Å². The largest absolute Gasteiger partial charge is 0.493 e. The Morgan fingerprint density at radius 3 is 2.16 bits per heavy atom. The molecule has 2 aromatic carbocycles. The molecule has 0 aliphatic carbocycles. The molecule has 1 N–H and O–H groups in total. The summed E-state index contributed by atoms with van der Waals surface area (Å²) in [6.07, 6.45) is 0. The van der Waals surface area contributed by atoms with E-state index in [1.807, 2.05) is 48.5 Å². The summed E-state index contributed by atoms with van der Waals surface area (Å²) in [7, 11) is 4.67. The van der Waals surface area contributed by atoms with Crippen LogP contribution in [0.25, 0.3) is 28.3 Å². The first-order valence-corrected chi connectivity index (χ1v) is 9.45. The molecule has 4 rings (SSSR count). The standard InChI is InChI=1S/C22H21N5O4/c1-13(28)23-21-25-22-24-16(14-8-6-5-7-9-14)12-17(27(22)26-21)15-10-18(29-2)20(31-4)19(11-15)30-3/h5-12H,1-4H3,(H,23,26,28). The van der Waals surface area contributed by atoms with Crippen LogP contribution in [0.15, 0.2) is 48.5 Å². The Hall–Kier alpha value is -4.14. The van der Waals surface area contributed by atoms with Crippen LogP contribution in [0.1, 0.15) is 6.92 Å². The molecule has 31 heavy (non-hydrogen) atoms. The summed E-state index contributed by atoms with van der Waals surface area (Å²) in [4.78, 5) is 20.5. The van der Waals surface area contributed by atoms with Crippen molar-refractivity contribution in [2.24, 2.45) is 0 Å². The molecule has 0 fully saturated rings. The van der Waals surface area contributed by atoms with Gasteiger partial charge in [0.25, 0.3) is 11.7 Å². The van der Waals surface area contributed by atoms with E-state index in [0.717, 1.165) is 11.1 Å². The summed E-state index contributed by atoms with van der Waals surface area (Å²) >= 11 is 0. The van der Waals surface area contributed by atoms with Crippen LogP contribution in [-0.4, -0.2) is 46.8 Å². The third-order valence-electron chi connectivity index (χ3n) is 4.63. The van der Waals surface area contributed by atoms with E-state index in [9.17, 15) is 4.79 Å². The Balaban J connectivity index is 1.99. The summed E-state index contributed by atoms with van der Waals surface area (Å²) < 4.78 is 18.0. The average molecular weight is 419 g/mol. The normalized spacial score (nSPS) is 10.7. The molecule has 9 nitrogen and oxygen atoms in total. The number of carbonyl (C=O) groups excluding carboxylic acids is 1. The lowest BCUT2D eigenvalue weighted by molar-refractivity contribution is -0.114. The van der Waals surface area contributed by atoms with Crippen molar-refractivity contribution < 1.29 is 19.0 Å². The molecule has 0 radical (unpaired) electrons. The average Bonchev–Trinajstić information content (AvgIpc) is 3.19. The van der Waals surface area contributed by atoms with Crippen LogP contribution in [0.3, 0.4) is 0 Å². The van der Waals surface area contributed by atoms with Crippen molar-refractivity contribution in [2.75, 3.05) is 26.6 Å². The first kappa shape index (κ1) is 20.1. The van der Waals surface area contributed by atoms with Gasteiger partial charge in [0.1, 0.15) is 0 Å². The van der Waals surface area contributed by atoms with Crippen LogP contribution in [0, 0.1) is 0 Å². The molecule has 0 saturated carbocycles. The number of methoxy groups -OCH3 is 3. The lowest BCUT2D eigenvalue weighted by atomic mass is 10.1. The van der Waals surface area contributed by atoms with Crippen molar-refractivity contribution in [3.8, 4) is 39.8 Å². The molecule has 0 spiro atoms. The molecule has 2 heterocycles. The van der Waals surface area contributed by atoms with E-state index in [0.29, 0.717) is 34.4 Å². The number of ether oxygens (including phenoxy) is 3. The molecule has 0 atom stereocenters. The van der Waals surface area contributed by atoms with Crippen molar-refractivity contribution in [2.45, 2.75) is 6.92 Å². The van der Waals surface area contributed by atoms with Gasteiger partial charge in [-0.15, -0.1) is 5.10 Å². The monoisotopic (exact) mass is 419 g/mol. The Kier molecular flexibility index (Phi) is 5.40. The number of amides is 1. The minimum Gasteiger partial charge on any atom is -0.493 e. The van der Waals surface area contributed by atoms with E-state index in [2.05, 4.69) is 20.4 Å². The smallest absolute Gasteiger partial charge is 0.255 e. The molecular formula is C22H21N5O4. The van der Waals surface area contributed by atoms with Crippen molar-refractivity contribution >= 4 is 17.6 Å². The van der Waals surface area contributed by atoms with E-state index in [4.69, 9.17) is 14.2 Å². The second kappa shape index (κ2) is 8.31. The van der Waals surface area contributed by atoms with Gasteiger partial charge in [0, 0.05) is 18.1 Å². The molecular weight excluding hydrogens is 398 g/mol. The van der Waals surface area contributed by atoms with Gasteiger partial charge in [-0.2, -0.15) is 9.50 Å². The lowest BCUT2D eigenvalue weighted by Crippen LogP contribution is -2.07. The molecule has 2 aromatic heterocycles. The summed E-state index contributed by atoms with van der Waals surface area (Å²) in [6.45, 7) is 1.40. The number of benzene rings is 2. The van der Waals surface area contributed by atoms with Crippen LogP contribution >= 0.6 is 0 Å². The van der Waals surface area contributed by atoms with Crippen molar-refractivity contribution in [3.05, 3.63) is 48.5 Å². The van der Waals surface area contributed by atoms with Crippen LogP contribution < -0.4 is 19.5 Å². The van der Waals surface area contributed by atoms with Crippen molar-refractivity contribution in [1.82, 2.24) is 19.6 Å². The third kappa shape index (κ3) is 3.85. The number of hydrogen-bond acceptors (Lipinski definition) is 7. The lowest BCUT2D eigenvalue weighted by Gasteiger charge is -2.15. The molecule has 0 unspecified atom stereocenters. The quantitative estimate of drug-likeness (QED) is 0.511. The second-order valence-corrected chi connectivity index (χ2v) is 6.64. The number of nitrogens with zero attached hydrogens (tertiary/aromatic N) is 4. The Morgan fingerprint density at radius 2 is 1.58 bits per heavy atom. The number of carbonyl (C=O) groups is 1. The molecule has 0 saturated heterocycles. The molecule has 1 amide bonds. The third-order valence-corrected chi connectivity index (χ3v) is 4.63. The van der Waals surface area contributed by atoms with Crippen LogP contribution in [-0.2, 0) is 4.79 Å². The number of aromatic nitrogens is 4. The highest BCUT2D eigenvalue weighted by atomic mass is 16.5. The van der Waals surface area contributed by atoms with Gasteiger partial charge in [0.15, 0.2) is 11.5 Å². The molecule has 0 aliphatic heterocycles. The SMILES string of the molecule is COc1cc(-c2cc(-c3ccccc3)nc3nc(NC(C)=O)nn23)cc(OC)c1OC. The number of nitrogens with one attached hydrogen (secondary N) is 1. The summed E-state index contributed by atoms with van der Waals surface area (Å²) in [6, 6.07) is 15.3. The fourth-order valence-corrected chi connectivity index (χ4v) is 3.27. The van der Waals surface area contributed by atoms with Gasteiger partial charge in [-0.25, -0.2) is 4.98 Å². The Bertz CT molecular complexity index is 1230. The molecule has 0 bridgehead atoms. The predicted octanol–water partition coefficient (Wildman–Crippen LogP) is 3.44. The Labute approximate surface area is 178 Å².